The summed E-state index contributed by atoms with van der Waals surface area (Å²) in [5.74, 6) is 0. The van der Waals surface area contributed by atoms with Crippen LogP contribution < -0.4 is 9.80 Å². The van der Waals surface area contributed by atoms with Gasteiger partial charge in [-0.05, 0) is 168 Å². The van der Waals surface area contributed by atoms with Crippen molar-refractivity contribution in [3.63, 3.8) is 0 Å². The molecule has 1 heterocycles. The zero-order chi connectivity index (χ0) is 51.3. The zero-order valence-electron chi connectivity index (χ0n) is 42.5. The summed E-state index contributed by atoms with van der Waals surface area (Å²) >= 11 is 1.87. The molecule has 0 saturated heterocycles. The Hall–Kier alpha value is -9.80. The van der Waals surface area contributed by atoms with Crippen LogP contribution in [0.4, 0.5) is 34.1 Å². The molecule has 0 amide bonds. The number of fused-ring (bicyclic) bond motifs is 15. The Balaban J connectivity index is 1.03. The third-order valence-corrected chi connectivity index (χ3v) is 17.7. The van der Waals surface area contributed by atoms with E-state index in [9.17, 15) is 0 Å². The molecule has 3 heteroatoms. The van der Waals surface area contributed by atoms with Crippen LogP contribution in [0.5, 0.6) is 0 Å². The number of para-hydroxylation sites is 3. The Kier molecular flexibility index (Phi) is 10.1. The molecule has 2 nitrogen and oxygen atoms in total. The Labute approximate surface area is 457 Å². The van der Waals surface area contributed by atoms with Crippen molar-refractivity contribution in [2.45, 2.75) is 5.41 Å². The lowest BCUT2D eigenvalue weighted by atomic mass is 9.70. The van der Waals surface area contributed by atoms with Gasteiger partial charge in [0.25, 0.3) is 0 Å². The minimum absolute atomic E-state index is 0.692. The maximum absolute atomic E-state index is 2.58. The van der Waals surface area contributed by atoms with Crippen LogP contribution in [-0.4, -0.2) is 0 Å². The van der Waals surface area contributed by atoms with Crippen molar-refractivity contribution in [3.8, 4) is 44.5 Å². The monoisotopic (exact) mass is 1010 g/mol. The lowest BCUT2D eigenvalue weighted by molar-refractivity contribution is 0.793. The largest absolute Gasteiger partial charge is 0.310 e. The van der Waals surface area contributed by atoms with Gasteiger partial charge in [0.1, 0.15) is 0 Å². The molecule has 1 unspecified atom stereocenters. The summed E-state index contributed by atoms with van der Waals surface area (Å²) in [6.07, 6.45) is 0. The third-order valence-electron chi connectivity index (χ3n) is 16.6. The minimum Gasteiger partial charge on any atom is -0.310 e. The summed E-state index contributed by atoms with van der Waals surface area (Å²) in [6.45, 7) is 0. The first-order valence-electron chi connectivity index (χ1n) is 26.9. The van der Waals surface area contributed by atoms with E-state index in [4.69, 9.17) is 0 Å². The molecule has 2 aliphatic rings. The van der Waals surface area contributed by atoms with Crippen LogP contribution in [0.2, 0.25) is 0 Å². The van der Waals surface area contributed by atoms with Crippen molar-refractivity contribution in [1.29, 1.82) is 0 Å². The maximum Gasteiger partial charge on any atom is 0.0727 e. The van der Waals surface area contributed by atoms with Gasteiger partial charge in [0.05, 0.1) is 16.8 Å². The topological polar surface area (TPSA) is 6.48 Å². The van der Waals surface area contributed by atoms with E-state index in [0.717, 1.165) is 34.1 Å². The second-order valence-electron chi connectivity index (χ2n) is 20.8. The molecule has 0 saturated carbocycles. The summed E-state index contributed by atoms with van der Waals surface area (Å²) < 4.78 is 2.56. The average Bonchev–Trinajstić information content (AvgIpc) is 3.91. The molecule has 1 aromatic heterocycles. The highest BCUT2D eigenvalue weighted by Gasteiger charge is 2.53. The number of hydrogen-bond acceptors (Lipinski definition) is 3. The predicted molar refractivity (Wildman–Crippen MR) is 331 cm³/mol. The fourth-order valence-corrected chi connectivity index (χ4v) is 14.3. The maximum atomic E-state index is 2.58. The minimum atomic E-state index is -0.692. The summed E-state index contributed by atoms with van der Waals surface area (Å²) in [6, 6.07) is 109. The Bertz CT molecular complexity index is 4640. The summed E-state index contributed by atoms with van der Waals surface area (Å²) in [7, 11) is 0. The molecular weight excluding hydrogens is 961 g/mol. The van der Waals surface area contributed by atoms with E-state index in [2.05, 4.69) is 301 Å². The van der Waals surface area contributed by atoms with Crippen molar-refractivity contribution < 1.29 is 0 Å². The first-order valence-corrected chi connectivity index (χ1v) is 27.7. The van der Waals surface area contributed by atoms with Gasteiger partial charge < -0.3 is 9.80 Å². The Morgan fingerprint density at radius 1 is 0.244 bits per heavy atom. The number of hydrogen-bond donors (Lipinski definition) is 0. The van der Waals surface area contributed by atoms with Crippen molar-refractivity contribution in [1.82, 2.24) is 0 Å². The van der Waals surface area contributed by atoms with Crippen LogP contribution in [0.1, 0.15) is 22.3 Å². The second-order valence-corrected chi connectivity index (χ2v) is 21.8. The van der Waals surface area contributed by atoms with E-state index in [1.807, 2.05) is 11.3 Å². The molecule has 0 aliphatic heterocycles. The van der Waals surface area contributed by atoms with Crippen molar-refractivity contribution in [3.05, 3.63) is 313 Å². The van der Waals surface area contributed by atoms with E-state index < -0.39 is 5.41 Å². The average molecular weight is 1010 g/mol. The van der Waals surface area contributed by atoms with Crippen LogP contribution in [0.25, 0.3) is 86.2 Å². The van der Waals surface area contributed by atoms with Gasteiger partial charge in [-0.2, -0.15) is 0 Å². The zero-order valence-corrected chi connectivity index (χ0v) is 43.3. The van der Waals surface area contributed by atoms with Crippen molar-refractivity contribution >= 4 is 87.2 Å². The van der Waals surface area contributed by atoms with Crippen molar-refractivity contribution in [2.24, 2.45) is 0 Å². The highest BCUT2D eigenvalue weighted by molar-refractivity contribution is 7.25. The van der Waals surface area contributed by atoms with Gasteiger partial charge in [0.2, 0.25) is 0 Å². The van der Waals surface area contributed by atoms with Gasteiger partial charge in [-0.3, -0.25) is 0 Å². The molecule has 1 spiro atoms. The molecule has 13 aromatic carbocycles. The molecule has 14 aromatic rings. The molecule has 78 heavy (non-hydrogen) atoms. The molecule has 0 radical (unpaired) electrons. The molecule has 0 fully saturated rings. The molecule has 0 N–H and O–H groups in total. The number of anilines is 6. The van der Waals surface area contributed by atoms with E-state index in [0.29, 0.717) is 0 Å². The molecular formula is C75H48N2S. The van der Waals surface area contributed by atoms with Gasteiger partial charge in [-0.25, -0.2) is 0 Å². The van der Waals surface area contributed by atoms with Crippen LogP contribution in [0.15, 0.2) is 291 Å². The second kappa shape index (κ2) is 17.6. The fourth-order valence-electron chi connectivity index (χ4n) is 13.2. The number of rotatable bonds is 8. The quantitative estimate of drug-likeness (QED) is 0.150. The molecule has 16 rings (SSSR count). The summed E-state index contributed by atoms with van der Waals surface area (Å²) in [4.78, 5) is 4.99. The normalized spacial score (nSPS) is 13.9. The number of thiophene rings is 1. The fraction of sp³-hybridized carbons (Fsp3) is 0.0133. The van der Waals surface area contributed by atoms with Crippen LogP contribution >= 0.6 is 11.3 Å². The first kappa shape index (κ1) is 44.5. The van der Waals surface area contributed by atoms with Crippen molar-refractivity contribution in [2.75, 3.05) is 9.80 Å². The van der Waals surface area contributed by atoms with E-state index >= 15 is 0 Å². The van der Waals surface area contributed by atoms with Gasteiger partial charge in [-0.1, -0.05) is 200 Å². The van der Waals surface area contributed by atoms with E-state index in [1.54, 1.807) is 0 Å². The molecule has 1 atom stereocenters. The highest BCUT2D eigenvalue weighted by Crippen LogP contribution is 2.66. The molecule has 0 bridgehead atoms. The lowest BCUT2D eigenvalue weighted by Gasteiger charge is -2.35. The standard InChI is InChI=1S/C75H48N2S/c1-4-24-55(25-5-1)76(56-26-6-2-7-27-56)71-47-69-65(45-63(71)53-38-36-49-20-10-12-22-51(49)42-53)59-30-14-17-33-67(59)75(69)68-34-18-15-31-60(68)66-46-64(54-39-37-50-21-11-13-23-52(50)43-54)72(48-70(66)75)77(57-28-8-3-9-29-57)58-40-41-62-61-32-16-19-35-73(61)78-74(62)44-58/h1-48H. The van der Waals surface area contributed by atoms with Crippen LogP contribution in [0, 0.1) is 0 Å². The van der Waals surface area contributed by atoms with Crippen LogP contribution in [0.3, 0.4) is 0 Å². The summed E-state index contributed by atoms with van der Waals surface area (Å²) in [5, 5.41) is 7.45. The number of nitrogens with zero attached hydrogens (tertiary/aromatic N) is 2. The van der Waals surface area contributed by atoms with Crippen LogP contribution in [-0.2, 0) is 5.41 Å². The van der Waals surface area contributed by atoms with Gasteiger partial charge in [-0.15, -0.1) is 11.3 Å². The SMILES string of the molecule is c1ccc(N(c2ccccc2)c2cc3c(cc2-c2ccc4ccccc4c2)-c2ccccc2C32c3ccccc3-c3cc(-c4ccc5ccccc5c4)c(N(c4ccccc4)c4ccc5c(c4)sc4ccccc45)cc32)cc1. The third kappa shape index (κ3) is 6.75. The van der Waals surface area contributed by atoms with Gasteiger partial charge in [0.15, 0.2) is 0 Å². The lowest BCUT2D eigenvalue weighted by Crippen LogP contribution is -2.27. The molecule has 2 aliphatic carbocycles. The summed E-state index contributed by atoms with van der Waals surface area (Å²) in [5.41, 5.74) is 20.8. The van der Waals surface area contributed by atoms with E-state index in [-0.39, 0.29) is 0 Å². The van der Waals surface area contributed by atoms with E-state index in [1.165, 1.54) is 108 Å². The number of benzene rings is 13. The van der Waals surface area contributed by atoms with Gasteiger partial charge in [0, 0.05) is 54.0 Å². The Morgan fingerprint density at radius 3 is 1.19 bits per heavy atom. The molecule has 364 valence electrons. The Morgan fingerprint density at radius 2 is 0.667 bits per heavy atom. The first-order chi connectivity index (χ1) is 38.7. The smallest absolute Gasteiger partial charge is 0.0727 e. The van der Waals surface area contributed by atoms with Gasteiger partial charge >= 0.3 is 0 Å². The predicted octanol–water partition coefficient (Wildman–Crippen LogP) is 21.0. The highest BCUT2D eigenvalue weighted by atomic mass is 32.1.